The van der Waals surface area contributed by atoms with Crippen LogP contribution in [-0.2, 0) is 13.9 Å². The molecule has 0 spiro atoms. The van der Waals surface area contributed by atoms with Gasteiger partial charge in [-0.25, -0.2) is 9.36 Å². The van der Waals surface area contributed by atoms with Crippen LogP contribution in [0.4, 0.5) is 0 Å². The fourth-order valence-electron chi connectivity index (χ4n) is 3.30. The van der Waals surface area contributed by atoms with Crippen molar-refractivity contribution in [2.45, 2.75) is 103 Å². The lowest BCUT2D eigenvalue weighted by molar-refractivity contribution is -0.163. The molecule has 0 bridgehead atoms. The van der Waals surface area contributed by atoms with Crippen molar-refractivity contribution >= 4 is 13.8 Å². The first-order valence-corrected chi connectivity index (χ1v) is 11.8. The van der Waals surface area contributed by atoms with Crippen LogP contribution < -0.4 is 0 Å². The SMILES string of the molecule is CCCCCCCCC(CCCCCC)CC(O)(CO)C(=O)OP(=O)(O)O. The highest BCUT2D eigenvalue weighted by atomic mass is 31.2. The Hall–Kier alpha value is -0.460. The van der Waals surface area contributed by atoms with E-state index >= 15 is 0 Å². The largest absolute Gasteiger partial charge is 0.527 e. The molecule has 7 nitrogen and oxygen atoms in total. The van der Waals surface area contributed by atoms with Gasteiger partial charge in [0.25, 0.3) is 0 Å². The van der Waals surface area contributed by atoms with E-state index in [9.17, 15) is 19.6 Å². The second-order valence-electron chi connectivity index (χ2n) is 7.53. The first-order chi connectivity index (χ1) is 12.7. The molecule has 0 radical (unpaired) electrons. The Labute approximate surface area is 163 Å². The molecule has 0 saturated heterocycles. The number of phosphoric ester groups is 1. The van der Waals surface area contributed by atoms with Crippen molar-refractivity contribution in [2.24, 2.45) is 5.92 Å². The van der Waals surface area contributed by atoms with Crippen molar-refractivity contribution in [3.05, 3.63) is 0 Å². The average Bonchev–Trinajstić information content (AvgIpc) is 2.59. The molecule has 2 unspecified atom stereocenters. The van der Waals surface area contributed by atoms with Crippen LogP contribution in [-0.4, -0.2) is 38.2 Å². The third-order valence-electron chi connectivity index (χ3n) is 4.90. The third-order valence-corrected chi connectivity index (χ3v) is 5.31. The zero-order chi connectivity index (χ0) is 20.8. The molecular weight excluding hydrogens is 371 g/mol. The molecule has 4 N–H and O–H groups in total. The van der Waals surface area contributed by atoms with Gasteiger partial charge in [0, 0.05) is 0 Å². The van der Waals surface area contributed by atoms with E-state index in [1.165, 1.54) is 19.3 Å². The fraction of sp³-hybridized carbons (Fsp3) is 0.947. The van der Waals surface area contributed by atoms with E-state index in [1.54, 1.807) is 0 Å². The molecule has 0 aromatic rings. The molecule has 162 valence electrons. The molecule has 0 rings (SSSR count). The number of carbonyl (C=O) groups is 1. The van der Waals surface area contributed by atoms with Gasteiger partial charge in [0.1, 0.15) is 0 Å². The summed E-state index contributed by atoms with van der Waals surface area (Å²) >= 11 is 0. The summed E-state index contributed by atoms with van der Waals surface area (Å²) < 4.78 is 14.9. The Morgan fingerprint density at radius 2 is 1.37 bits per heavy atom. The van der Waals surface area contributed by atoms with Crippen molar-refractivity contribution in [3.8, 4) is 0 Å². The molecule has 27 heavy (non-hydrogen) atoms. The van der Waals surface area contributed by atoms with Crippen molar-refractivity contribution < 1.29 is 33.9 Å². The number of unbranched alkanes of at least 4 members (excludes halogenated alkanes) is 8. The minimum absolute atomic E-state index is 0.00509. The van der Waals surface area contributed by atoms with E-state index in [0.29, 0.717) is 0 Å². The van der Waals surface area contributed by atoms with Crippen LogP contribution in [0.2, 0.25) is 0 Å². The molecule has 2 atom stereocenters. The first kappa shape index (κ1) is 26.5. The Kier molecular flexibility index (Phi) is 14.3. The van der Waals surface area contributed by atoms with Crippen LogP contribution in [0.1, 0.15) is 97.3 Å². The fourth-order valence-corrected chi connectivity index (χ4v) is 3.69. The summed E-state index contributed by atoms with van der Waals surface area (Å²) in [6.45, 7) is 3.36. The lowest BCUT2D eigenvalue weighted by atomic mass is 9.84. The van der Waals surface area contributed by atoms with E-state index in [-0.39, 0.29) is 12.3 Å². The van der Waals surface area contributed by atoms with Crippen molar-refractivity contribution in [1.29, 1.82) is 0 Å². The summed E-state index contributed by atoms with van der Waals surface area (Å²) in [6, 6.07) is 0. The highest BCUT2D eigenvalue weighted by molar-refractivity contribution is 7.46. The number of rotatable bonds is 17. The molecule has 0 heterocycles. The third kappa shape index (κ3) is 13.4. The van der Waals surface area contributed by atoms with E-state index in [1.807, 2.05) is 0 Å². The number of phosphoric acid groups is 1. The smallest absolute Gasteiger partial charge is 0.393 e. The van der Waals surface area contributed by atoms with Crippen molar-refractivity contribution in [2.75, 3.05) is 6.61 Å². The van der Waals surface area contributed by atoms with Crippen LogP contribution in [0.3, 0.4) is 0 Å². The molecule has 0 aliphatic carbocycles. The summed E-state index contributed by atoms with van der Waals surface area (Å²) in [5, 5.41) is 19.9. The van der Waals surface area contributed by atoms with Gasteiger partial charge in [-0.1, -0.05) is 90.9 Å². The van der Waals surface area contributed by atoms with Crippen molar-refractivity contribution in [1.82, 2.24) is 0 Å². The molecule has 0 aromatic heterocycles. The van der Waals surface area contributed by atoms with Gasteiger partial charge in [0.2, 0.25) is 0 Å². The maximum absolute atomic E-state index is 11.9. The topological polar surface area (TPSA) is 124 Å². The minimum atomic E-state index is -5.06. The zero-order valence-electron chi connectivity index (χ0n) is 16.9. The zero-order valence-corrected chi connectivity index (χ0v) is 17.8. The molecular formula is C19H39O7P. The molecule has 0 aliphatic heterocycles. The van der Waals surface area contributed by atoms with Gasteiger partial charge in [-0.3, -0.25) is 9.79 Å². The predicted molar refractivity (Wildman–Crippen MR) is 105 cm³/mol. The Morgan fingerprint density at radius 1 is 0.926 bits per heavy atom. The number of hydrogen-bond donors (Lipinski definition) is 4. The second-order valence-corrected chi connectivity index (χ2v) is 8.70. The number of aliphatic hydroxyl groups excluding tert-OH is 1. The van der Waals surface area contributed by atoms with Crippen LogP contribution in [0.25, 0.3) is 0 Å². The maximum atomic E-state index is 11.9. The number of carbonyl (C=O) groups excluding carboxylic acids is 1. The first-order valence-electron chi connectivity index (χ1n) is 10.3. The highest BCUT2D eigenvalue weighted by Gasteiger charge is 2.42. The summed E-state index contributed by atoms with van der Waals surface area (Å²) in [4.78, 5) is 29.5. The van der Waals surface area contributed by atoms with Gasteiger partial charge < -0.3 is 14.7 Å². The molecule has 0 amide bonds. The van der Waals surface area contributed by atoms with Crippen LogP contribution in [0, 0.1) is 5.92 Å². The number of aliphatic hydroxyl groups is 2. The molecule has 0 fully saturated rings. The normalized spacial score (nSPS) is 15.3. The van der Waals surface area contributed by atoms with E-state index in [2.05, 4.69) is 18.4 Å². The maximum Gasteiger partial charge on any atom is 0.527 e. The van der Waals surface area contributed by atoms with Gasteiger partial charge in [0.15, 0.2) is 5.60 Å². The minimum Gasteiger partial charge on any atom is -0.393 e. The summed E-state index contributed by atoms with van der Waals surface area (Å²) in [6.07, 6.45) is 12.6. The molecule has 0 saturated carbocycles. The van der Waals surface area contributed by atoms with Crippen LogP contribution >= 0.6 is 7.82 Å². The van der Waals surface area contributed by atoms with Gasteiger partial charge >= 0.3 is 13.8 Å². The second kappa shape index (κ2) is 14.5. The van der Waals surface area contributed by atoms with E-state index < -0.39 is 26.0 Å². The van der Waals surface area contributed by atoms with Crippen LogP contribution in [0.5, 0.6) is 0 Å². The monoisotopic (exact) mass is 410 g/mol. The Balaban J connectivity index is 4.74. The number of hydrogen-bond acceptors (Lipinski definition) is 5. The van der Waals surface area contributed by atoms with Gasteiger partial charge in [0.05, 0.1) is 6.61 Å². The van der Waals surface area contributed by atoms with E-state index in [4.69, 9.17) is 9.79 Å². The van der Waals surface area contributed by atoms with Crippen LogP contribution in [0.15, 0.2) is 0 Å². The summed E-state index contributed by atoms with van der Waals surface area (Å²) in [5.41, 5.74) is -2.28. The molecule has 0 aromatic carbocycles. The van der Waals surface area contributed by atoms with Gasteiger partial charge in [-0.05, 0) is 12.3 Å². The predicted octanol–water partition coefficient (Wildman–Crippen LogP) is 4.07. The van der Waals surface area contributed by atoms with Crippen molar-refractivity contribution in [3.63, 3.8) is 0 Å². The lowest BCUT2D eigenvalue weighted by Gasteiger charge is -2.28. The van der Waals surface area contributed by atoms with Gasteiger partial charge in [-0.2, -0.15) is 0 Å². The molecule has 0 aliphatic rings. The summed E-state index contributed by atoms with van der Waals surface area (Å²) in [5.74, 6) is -1.46. The summed E-state index contributed by atoms with van der Waals surface area (Å²) in [7, 11) is -5.06. The standard InChI is InChI=1S/C19H39O7P/c1-3-5-7-9-10-12-14-17(13-11-8-6-4-2)15-19(22,16-20)18(21)26-27(23,24)25/h17,20,22H,3-16H2,1-2H3,(H2,23,24,25). The average molecular weight is 410 g/mol. The lowest BCUT2D eigenvalue weighted by Crippen LogP contribution is -2.45. The quantitative estimate of drug-likeness (QED) is 0.210. The highest BCUT2D eigenvalue weighted by Crippen LogP contribution is 2.39. The Bertz CT molecular complexity index is 438. The molecule has 8 heteroatoms. The van der Waals surface area contributed by atoms with Gasteiger partial charge in [-0.15, -0.1) is 0 Å². The Morgan fingerprint density at radius 3 is 1.81 bits per heavy atom. The van der Waals surface area contributed by atoms with E-state index in [0.717, 1.165) is 57.8 Å².